The standard InChI is InChI=1S/C13H16BrN2/c1-4-11-12(14)13(16(3)15(11)2)10-8-6-5-7-9-10/h5-9H,4H2,1-3H3/q+1. The fourth-order valence-corrected chi connectivity index (χ4v) is 3.07. The van der Waals surface area contributed by atoms with Crippen LogP contribution < -0.4 is 4.68 Å². The average Bonchev–Trinajstić information content (AvgIpc) is 2.51. The molecule has 0 atom stereocenters. The number of hydrogen-bond acceptors (Lipinski definition) is 0. The number of nitrogens with zero attached hydrogens (tertiary/aromatic N) is 2. The number of hydrogen-bond donors (Lipinski definition) is 0. The lowest BCUT2D eigenvalue weighted by Crippen LogP contribution is -2.39. The quantitative estimate of drug-likeness (QED) is 0.748. The fourth-order valence-electron chi connectivity index (χ4n) is 2.05. The summed E-state index contributed by atoms with van der Waals surface area (Å²) in [7, 11) is 4.18. The van der Waals surface area contributed by atoms with Gasteiger partial charge in [-0.2, -0.15) is 4.68 Å². The molecule has 2 rings (SSSR count). The van der Waals surface area contributed by atoms with Crippen LogP contribution >= 0.6 is 15.9 Å². The van der Waals surface area contributed by atoms with Crippen LogP contribution in [0.1, 0.15) is 12.6 Å². The highest BCUT2D eigenvalue weighted by molar-refractivity contribution is 9.10. The molecule has 2 aromatic rings. The number of rotatable bonds is 2. The molecule has 0 unspecified atom stereocenters. The molecule has 0 N–H and O–H groups in total. The van der Waals surface area contributed by atoms with Gasteiger partial charge < -0.3 is 0 Å². The molecule has 0 saturated heterocycles. The van der Waals surface area contributed by atoms with Gasteiger partial charge in [0.1, 0.15) is 4.47 Å². The van der Waals surface area contributed by atoms with E-state index in [1.807, 2.05) is 6.07 Å². The van der Waals surface area contributed by atoms with E-state index < -0.39 is 0 Å². The van der Waals surface area contributed by atoms with Gasteiger partial charge in [0.25, 0.3) is 5.69 Å². The van der Waals surface area contributed by atoms with E-state index in [1.165, 1.54) is 21.4 Å². The van der Waals surface area contributed by atoms with Crippen molar-refractivity contribution in [2.45, 2.75) is 13.3 Å². The molecule has 0 saturated carbocycles. The maximum Gasteiger partial charge on any atom is 0.252 e. The highest BCUT2D eigenvalue weighted by Crippen LogP contribution is 2.28. The van der Waals surface area contributed by atoms with E-state index in [2.05, 4.69) is 70.6 Å². The molecule has 0 amide bonds. The molecule has 2 nitrogen and oxygen atoms in total. The Morgan fingerprint density at radius 1 is 1.25 bits per heavy atom. The molecule has 1 heterocycles. The first-order valence-electron chi connectivity index (χ1n) is 5.45. The predicted octanol–water partition coefficient (Wildman–Crippen LogP) is 2.84. The maximum absolute atomic E-state index is 3.71. The van der Waals surface area contributed by atoms with Gasteiger partial charge in [0.15, 0.2) is 7.05 Å². The SMILES string of the molecule is CCc1c(Br)c(-c2ccccc2)[n+](C)n1C. The summed E-state index contributed by atoms with van der Waals surface area (Å²) < 4.78 is 5.57. The lowest BCUT2D eigenvalue weighted by Gasteiger charge is -1.96. The molecular weight excluding hydrogens is 264 g/mol. The normalized spacial score (nSPS) is 10.8. The molecule has 0 bridgehead atoms. The molecule has 0 fully saturated rings. The van der Waals surface area contributed by atoms with Crippen LogP contribution in [0.2, 0.25) is 0 Å². The minimum Gasteiger partial charge on any atom is -0.159 e. The Kier molecular flexibility index (Phi) is 3.15. The summed E-state index contributed by atoms with van der Waals surface area (Å²) in [6.45, 7) is 2.18. The van der Waals surface area contributed by atoms with Crippen LogP contribution in [0.25, 0.3) is 11.3 Å². The van der Waals surface area contributed by atoms with Gasteiger partial charge in [-0.15, -0.1) is 4.68 Å². The fraction of sp³-hybridized carbons (Fsp3) is 0.308. The Balaban J connectivity index is 2.67. The van der Waals surface area contributed by atoms with Gasteiger partial charge in [0.05, 0.1) is 12.7 Å². The Morgan fingerprint density at radius 3 is 2.38 bits per heavy atom. The van der Waals surface area contributed by atoms with Crippen molar-refractivity contribution in [2.24, 2.45) is 14.1 Å². The Bertz CT molecular complexity index is 500. The van der Waals surface area contributed by atoms with E-state index in [9.17, 15) is 0 Å². The monoisotopic (exact) mass is 279 g/mol. The van der Waals surface area contributed by atoms with Gasteiger partial charge in [-0.25, -0.2) is 0 Å². The predicted molar refractivity (Wildman–Crippen MR) is 69.1 cm³/mol. The van der Waals surface area contributed by atoms with Crippen molar-refractivity contribution in [1.82, 2.24) is 4.68 Å². The van der Waals surface area contributed by atoms with Crippen molar-refractivity contribution in [1.29, 1.82) is 0 Å². The van der Waals surface area contributed by atoms with Crippen molar-refractivity contribution in [2.75, 3.05) is 0 Å². The van der Waals surface area contributed by atoms with E-state index in [1.54, 1.807) is 0 Å². The van der Waals surface area contributed by atoms with E-state index in [0.717, 1.165) is 6.42 Å². The number of aromatic nitrogens is 2. The van der Waals surface area contributed by atoms with E-state index >= 15 is 0 Å². The average molecular weight is 280 g/mol. The summed E-state index contributed by atoms with van der Waals surface area (Å²) in [5.74, 6) is 0. The summed E-state index contributed by atoms with van der Waals surface area (Å²) in [5, 5.41) is 0. The van der Waals surface area contributed by atoms with Gasteiger partial charge in [0.2, 0.25) is 0 Å². The van der Waals surface area contributed by atoms with E-state index in [4.69, 9.17) is 0 Å². The molecule has 1 aromatic heterocycles. The lowest BCUT2D eigenvalue weighted by molar-refractivity contribution is -0.742. The van der Waals surface area contributed by atoms with Crippen LogP contribution in [0.3, 0.4) is 0 Å². The minimum absolute atomic E-state index is 1.03. The molecule has 0 aliphatic heterocycles. The molecule has 0 aliphatic rings. The summed E-state index contributed by atoms with van der Waals surface area (Å²) >= 11 is 3.71. The van der Waals surface area contributed by atoms with Gasteiger partial charge in [-0.1, -0.05) is 25.1 Å². The lowest BCUT2D eigenvalue weighted by atomic mass is 10.1. The highest BCUT2D eigenvalue weighted by atomic mass is 79.9. The summed E-state index contributed by atoms with van der Waals surface area (Å²) in [4.78, 5) is 0. The molecule has 1 aromatic carbocycles. The smallest absolute Gasteiger partial charge is 0.159 e. The second kappa shape index (κ2) is 4.42. The largest absolute Gasteiger partial charge is 0.252 e. The van der Waals surface area contributed by atoms with Crippen LogP contribution in [-0.2, 0) is 20.5 Å². The third kappa shape index (κ3) is 1.69. The Morgan fingerprint density at radius 2 is 1.88 bits per heavy atom. The first-order chi connectivity index (χ1) is 7.66. The van der Waals surface area contributed by atoms with Gasteiger partial charge in [-0.3, -0.25) is 0 Å². The third-order valence-corrected chi connectivity index (χ3v) is 3.84. The Labute approximate surface area is 105 Å². The molecule has 0 aliphatic carbocycles. The number of halogens is 1. The van der Waals surface area contributed by atoms with Crippen LogP contribution in [0.15, 0.2) is 34.8 Å². The molecule has 16 heavy (non-hydrogen) atoms. The maximum atomic E-state index is 3.71. The molecular formula is C13H16BrN2+. The molecule has 0 spiro atoms. The van der Waals surface area contributed by atoms with Crippen LogP contribution in [-0.4, -0.2) is 4.68 Å². The van der Waals surface area contributed by atoms with E-state index in [-0.39, 0.29) is 0 Å². The zero-order valence-electron chi connectivity index (χ0n) is 9.87. The highest BCUT2D eigenvalue weighted by Gasteiger charge is 2.24. The second-order valence-electron chi connectivity index (χ2n) is 3.88. The first kappa shape index (κ1) is 11.4. The van der Waals surface area contributed by atoms with Gasteiger partial charge in [0, 0.05) is 5.56 Å². The Hall–Kier alpha value is -1.09. The van der Waals surface area contributed by atoms with Crippen molar-refractivity contribution in [3.8, 4) is 11.3 Å². The van der Waals surface area contributed by atoms with Crippen LogP contribution in [0.5, 0.6) is 0 Å². The number of benzene rings is 1. The zero-order chi connectivity index (χ0) is 11.7. The summed E-state index contributed by atoms with van der Waals surface area (Å²) in [5.41, 5.74) is 3.80. The van der Waals surface area contributed by atoms with Crippen molar-refractivity contribution < 1.29 is 4.68 Å². The zero-order valence-corrected chi connectivity index (χ0v) is 11.5. The van der Waals surface area contributed by atoms with E-state index in [0.29, 0.717) is 0 Å². The summed E-state index contributed by atoms with van der Waals surface area (Å²) in [6.07, 6.45) is 1.03. The van der Waals surface area contributed by atoms with Gasteiger partial charge in [-0.05, 0) is 34.5 Å². The molecule has 0 radical (unpaired) electrons. The first-order valence-corrected chi connectivity index (χ1v) is 6.24. The second-order valence-corrected chi connectivity index (χ2v) is 4.67. The van der Waals surface area contributed by atoms with Crippen molar-refractivity contribution in [3.63, 3.8) is 0 Å². The van der Waals surface area contributed by atoms with Crippen LogP contribution in [0.4, 0.5) is 0 Å². The minimum atomic E-state index is 1.03. The summed E-state index contributed by atoms with van der Waals surface area (Å²) in [6, 6.07) is 10.5. The topological polar surface area (TPSA) is 8.81 Å². The van der Waals surface area contributed by atoms with Crippen molar-refractivity contribution >= 4 is 15.9 Å². The third-order valence-electron chi connectivity index (χ3n) is 3.01. The van der Waals surface area contributed by atoms with Crippen molar-refractivity contribution in [3.05, 3.63) is 40.5 Å². The van der Waals surface area contributed by atoms with Crippen LogP contribution in [0, 0.1) is 0 Å². The molecule has 3 heteroatoms. The molecule has 84 valence electrons. The van der Waals surface area contributed by atoms with Gasteiger partial charge >= 0.3 is 0 Å².